The zero-order valence-electron chi connectivity index (χ0n) is 15.3. The molecule has 1 aliphatic heterocycles. The molecule has 0 aliphatic carbocycles. The summed E-state index contributed by atoms with van der Waals surface area (Å²) in [6, 6.07) is 10.6. The van der Waals surface area contributed by atoms with Gasteiger partial charge in [0.05, 0.1) is 21.5 Å². The summed E-state index contributed by atoms with van der Waals surface area (Å²) in [5, 5.41) is 20.0. The van der Waals surface area contributed by atoms with Crippen LogP contribution in [0.1, 0.15) is 11.1 Å². The second kappa shape index (κ2) is 8.30. The molecular formula is C19H16N2O7S. The highest BCUT2D eigenvalue weighted by Crippen LogP contribution is 2.41. The van der Waals surface area contributed by atoms with Crippen molar-refractivity contribution in [2.45, 2.75) is 17.9 Å². The lowest BCUT2D eigenvalue weighted by Gasteiger charge is -2.27. The van der Waals surface area contributed by atoms with Crippen LogP contribution < -0.4 is 9.47 Å². The van der Waals surface area contributed by atoms with Gasteiger partial charge in [0.1, 0.15) is 13.2 Å². The fraction of sp³-hybridized carbons (Fsp3) is 0.211. The fourth-order valence-corrected chi connectivity index (χ4v) is 3.59. The van der Waals surface area contributed by atoms with Crippen LogP contribution in [0, 0.1) is 28.4 Å². The number of benzene rings is 2. The van der Waals surface area contributed by atoms with E-state index in [4.69, 9.17) is 18.9 Å². The van der Waals surface area contributed by atoms with Gasteiger partial charge in [0.25, 0.3) is 15.8 Å². The first-order valence-corrected chi connectivity index (χ1v) is 9.86. The molecule has 29 heavy (non-hydrogen) atoms. The molecule has 1 aliphatic rings. The first-order valence-electron chi connectivity index (χ1n) is 8.45. The van der Waals surface area contributed by atoms with Gasteiger partial charge in [0, 0.05) is 12.1 Å². The van der Waals surface area contributed by atoms with E-state index in [-0.39, 0.29) is 40.9 Å². The van der Waals surface area contributed by atoms with Crippen LogP contribution in [0.3, 0.4) is 0 Å². The van der Waals surface area contributed by atoms with E-state index in [1.165, 1.54) is 30.3 Å². The molecule has 0 bridgehead atoms. The lowest BCUT2D eigenvalue weighted by molar-refractivity contribution is -0.385. The predicted molar refractivity (Wildman–Crippen MR) is 102 cm³/mol. The molecule has 1 atom stereocenters. The van der Waals surface area contributed by atoms with Crippen molar-refractivity contribution in [1.29, 1.82) is 5.26 Å². The average Bonchev–Trinajstić information content (AvgIpc) is 2.70. The third kappa shape index (κ3) is 4.53. The van der Waals surface area contributed by atoms with Crippen molar-refractivity contribution < 1.29 is 27.0 Å². The van der Waals surface area contributed by atoms with Gasteiger partial charge in [-0.2, -0.15) is 13.7 Å². The second-order valence-electron chi connectivity index (χ2n) is 6.15. The van der Waals surface area contributed by atoms with Gasteiger partial charge in [0.2, 0.25) is 0 Å². The first-order chi connectivity index (χ1) is 13.8. The molecule has 0 saturated heterocycles. The Hall–Kier alpha value is -3.42. The van der Waals surface area contributed by atoms with Crippen LogP contribution in [0.5, 0.6) is 11.5 Å². The number of nitro groups is 1. The van der Waals surface area contributed by atoms with Crippen molar-refractivity contribution >= 4 is 21.9 Å². The number of allylic oxidation sites excluding steroid dienone is 1. The Morgan fingerprint density at radius 2 is 2.03 bits per heavy atom. The second-order valence-corrected chi connectivity index (χ2v) is 7.76. The van der Waals surface area contributed by atoms with Gasteiger partial charge in [-0.15, -0.1) is 0 Å². The van der Waals surface area contributed by atoms with E-state index in [0.29, 0.717) is 0 Å². The number of hydrogen-bond donors (Lipinski definition) is 0. The number of aryl methyl sites for hydroxylation is 1. The zero-order chi connectivity index (χ0) is 21.0. The van der Waals surface area contributed by atoms with E-state index < -0.39 is 21.1 Å². The minimum absolute atomic E-state index is 0.00433. The molecule has 0 fully saturated rings. The van der Waals surface area contributed by atoms with Crippen LogP contribution >= 0.6 is 0 Å². The molecular weight excluding hydrogens is 400 g/mol. The molecule has 3 rings (SSSR count). The lowest BCUT2D eigenvalue weighted by Crippen LogP contribution is -2.34. The number of nitriles is 1. The summed E-state index contributed by atoms with van der Waals surface area (Å²) in [4.78, 5) is 10.7. The molecule has 0 aromatic heterocycles. The van der Waals surface area contributed by atoms with Crippen LogP contribution in [0.25, 0.3) is 6.08 Å². The number of ether oxygens (including phenoxy) is 2. The SMILES string of the molecule is Cc1ccc(S(=O)(=O)OCC2COc3ccc([N+](=O)[O-])c(C=CC#N)c3O2)cc1. The smallest absolute Gasteiger partial charge is 0.297 e. The number of fused-ring (bicyclic) bond motifs is 1. The molecule has 150 valence electrons. The Kier molecular flexibility index (Phi) is 5.81. The van der Waals surface area contributed by atoms with Crippen LogP contribution in [0.15, 0.2) is 47.4 Å². The van der Waals surface area contributed by atoms with E-state index in [1.807, 2.05) is 6.92 Å². The Labute approximate surface area is 167 Å². The molecule has 9 nitrogen and oxygen atoms in total. The van der Waals surface area contributed by atoms with Gasteiger partial charge in [-0.1, -0.05) is 17.7 Å². The maximum Gasteiger partial charge on any atom is 0.297 e. The number of nitrogens with zero attached hydrogens (tertiary/aromatic N) is 2. The largest absolute Gasteiger partial charge is 0.486 e. The summed E-state index contributed by atoms with van der Waals surface area (Å²) in [6.07, 6.45) is 1.50. The fourth-order valence-electron chi connectivity index (χ4n) is 2.65. The van der Waals surface area contributed by atoms with Crippen molar-refractivity contribution in [3.05, 3.63) is 63.7 Å². The standard InChI is InChI=1S/C19H16N2O7S/c1-13-4-6-15(7-5-13)29(24,25)27-12-14-11-26-18-9-8-17(21(22)23)16(3-2-10-20)19(18)28-14/h2-9,14H,11-12H2,1H3. The summed E-state index contributed by atoms with van der Waals surface area (Å²) in [5.41, 5.74) is 0.692. The molecule has 0 spiro atoms. The maximum absolute atomic E-state index is 12.3. The van der Waals surface area contributed by atoms with Crippen LogP contribution in [-0.2, 0) is 14.3 Å². The van der Waals surface area contributed by atoms with E-state index >= 15 is 0 Å². The number of nitro benzene ring substituents is 1. The van der Waals surface area contributed by atoms with Gasteiger partial charge >= 0.3 is 0 Å². The topological polar surface area (TPSA) is 129 Å². The average molecular weight is 416 g/mol. The molecule has 0 saturated carbocycles. The Morgan fingerprint density at radius 3 is 2.69 bits per heavy atom. The minimum atomic E-state index is -4.00. The third-order valence-corrected chi connectivity index (χ3v) is 5.38. The Balaban J connectivity index is 1.81. The minimum Gasteiger partial charge on any atom is -0.486 e. The van der Waals surface area contributed by atoms with E-state index in [2.05, 4.69) is 0 Å². The van der Waals surface area contributed by atoms with Gasteiger partial charge in [-0.05, 0) is 31.2 Å². The lowest BCUT2D eigenvalue weighted by atomic mass is 10.1. The molecule has 1 unspecified atom stereocenters. The van der Waals surface area contributed by atoms with E-state index in [0.717, 1.165) is 11.6 Å². The van der Waals surface area contributed by atoms with Crippen LogP contribution in [-0.4, -0.2) is 32.7 Å². The summed E-state index contributed by atoms with van der Waals surface area (Å²) in [5.74, 6) is 0.309. The van der Waals surface area contributed by atoms with Gasteiger partial charge < -0.3 is 9.47 Å². The number of hydrogen-bond acceptors (Lipinski definition) is 8. The van der Waals surface area contributed by atoms with Crippen molar-refractivity contribution in [3.63, 3.8) is 0 Å². The monoisotopic (exact) mass is 416 g/mol. The van der Waals surface area contributed by atoms with Crippen molar-refractivity contribution in [2.75, 3.05) is 13.2 Å². The maximum atomic E-state index is 12.3. The molecule has 2 aromatic rings. The van der Waals surface area contributed by atoms with Gasteiger partial charge in [0.15, 0.2) is 17.6 Å². The number of rotatable bonds is 6. The molecule has 0 N–H and O–H groups in total. The summed E-state index contributed by atoms with van der Waals surface area (Å²) < 4.78 is 41.0. The molecule has 0 amide bonds. The van der Waals surface area contributed by atoms with E-state index in [9.17, 15) is 18.5 Å². The molecule has 10 heteroatoms. The Bertz CT molecular complexity index is 1100. The van der Waals surface area contributed by atoms with E-state index in [1.54, 1.807) is 18.2 Å². The quantitative estimate of drug-likeness (QED) is 0.304. The van der Waals surface area contributed by atoms with Crippen molar-refractivity contribution in [2.24, 2.45) is 0 Å². The van der Waals surface area contributed by atoms with Crippen LogP contribution in [0.2, 0.25) is 0 Å². The zero-order valence-corrected chi connectivity index (χ0v) is 16.1. The van der Waals surface area contributed by atoms with Gasteiger partial charge in [-0.25, -0.2) is 0 Å². The normalized spacial score (nSPS) is 15.8. The molecule has 2 aromatic carbocycles. The molecule has 0 radical (unpaired) electrons. The van der Waals surface area contributed by atoms with Crippen molar-refractivity contribution in [3.8, 4) is 17.6 Å². The molecule has 1 heterocycles. The van der Waals surface area contributed by atoms with Crippen LogP contribution in [0.4, 0.5) is 5.69 Å². The van der Waals surface area contributed by atoms with Gasteiger partial charge in [-0.3, -0.25) is 14.3 Å². The summed E-state index contributed by atoms with van der Waals surface area (Å²) >= 11 is 0. The highest BCUT2D eigenvalue weighted by Gasteiger charge is 2.29. The highest BCUT2D eigenvalue weighted by molar-refractivity contribution is 7.86. The third-order valence-electron chi connectivity index (χ3n) is 4.09. The summed E-state index contributed by atoms with van der Waals surface area (Å²) in [7, 11) is -4.00. The first kappa shape index (κ1) is 20.3. The predicted octanol–water partition coefficient (Wildman–Crippen LogP) is 2.99. The summed E-state index contributed by atoms with van der Waals surface area (Å²) in [6.45, 7) is 1.48. The Morgan fingerprint density at radius 1 is 1.31 bits per heavy atom. The highest BCUT2D eigenvalue weighted by atomic mass is 32.2. The van der Waals surface area contributed by atoms with Crippen molar-refractivity contribution in [1.82, 2.24) is 0 Å².